The average molecular weight is 615 g/mol. The SMILES string of the molecule is CCCOC(C=CCCCCCCCCCC(OC)OC)OC(C=CCCCCCCCCCC(OC)OC)OCCC. The Bertz CT molecular complexity index is 540. The van der Waals surface area contributed by atoms with Crippen LogP contribution >= 0.6 is 0 Å². The molecule has 0 spiro atoms. The lowest BCUT2D eigenvalue weighted by molar-refractivity contribution is -0.207. The molecule has 0 aromatic carbocycles. The van der Waals surface area contributed by atoms with E-state index in [-0.39, 0.29) is 25.2 Å². The summed E-state index contributed by atoms with van der Waals surface area (Å²) < 4.78 is 39.2. The minimum atomic E-state index is -0.377. The van der Waals surface area contributed by atoms with E-state index in [0.29, 0.717) is 13.2 Å². The van der Waals surface area contributed by atoms with Crippen LogP contribution in [0.25, 0.3) is 0 Å². The molecule has 0 amide bonds. The third-order valence-electron chi connectivity index (χ3n) is 7.50. The molecule has 0 aliphatic heterocycles. The van der Waals surface area contributed by atoms with Crippen molar-refractivity contribution in [3.05, 3.63) is 24.3 Å². The van der Waals surface area contributed by atoms with Crippen molar-refractivity contribution in [3.63, 3.8) is 0 Å². The zero-order valence-corrected chi connectivity index (χ0v) is 29.0. The maximum atomic E-state index is 6.23. The number of hydrogen-bond donors (Lipinski definition) is 0. The van der Waals surface area contributed by atoms with E-state index in [0.717, 1.165) is 38.5 Å². The van der Waals surface area contributed by atoms with E-state index in [1.54, 1.807) is 28.4 Å². The zero-order valence-electron chi connectivity index (χ0n) is 29.0. The first kappa shape index (κ1) is 42.2. The molecule has 256 valence electrons. The smallest absolute Gasteiger partial charge is 0.180 e. The maximum Gasteiger partial charge on any atom is 0.180 e. The molecule has 0 heterocycles. The van der Waals surface area contributed by atoms with Gasteiger partial charge in [-0.3, -0.25) is 0 Å². The molecule has 0 saturated carbocycles. The van der Waals surface area contributed by atoms with Gasteiger partial charge in [0.25, 0.3) is 0 Å². The first-order valence-electron chi connectivity index (χ1n) is 17.5. The Balaban J connectivity index is 4.22. The predicted molar refractivity (Wildman–Crippen MR) is 178 cm³/mol. The molecule has 0 fully saturated rings. The molecule has 7 heteroatoms. The van der Waals surface area contributed by atoms with Gasteiger partial charge < -0.3 is 33.2 Å². The molecular formula is C36H70O7. The molecule has 0 aliphatic rings. The standard InChI is InChI=1S/C36H70O7/c1-7-31-41-35(29-25-21-17-13-9-11-15-19-23-27-33(37-3)38-4)43-36(42-32-8-2)30-26-22-18-14-10-12-16-20-24-28-34(39-5)40-6/h25-26,29-30,33-36H,7-24,27-28,31-32H2,1-6H3. The molecule has 0 rings (SSSR count). The van der Waals surface area contributed by atoms with Crippen LogP contribution in [0.15, 0.2) is 24.3 Å². The molecule has 0 bridgehead atoms. The molecule has 0 N–H and O–H groups in total. The topological polar surface area (TPSA) is 64.6 Å². The number of rotatable bonds is 34. The second-order valence-electron chi connectivity index (χ2n) is 11.4. The van der Waals surface area contributed by atoms with Crippen LogP contribution in [-0.2, 0) is 33.2 Å². The van der Waals surface area contributed by atoms with Gasteiger partial charge >= 0.3 is 0 Å². The number of allylic oxidation sites excluding steroid dienone is 2. The van der Waals surface area contributed by atoms with Crippen molar-refractivity contribution < 1.29 is 33.2 Å². The van der Waals surface area contributed by atoms with Gasteiger partial charge in [0.15, 0.2) is 25.2 Å². The Morgan fingerprint density at radius 1 is 0.442 bits per heavy atom. The van der Waals surface area contributed by atoms with Gasteiger partial charge in [-0.25, -0.2) is 0 Å². The Hall–Kier alpha value is -0.800. The number of unbranched alkanes of at least 4 members (excludes halogenated alkanes) is 14. The Morgan fingerprint density at radius 2 is 0.767 bits per heavy atom. The van der Waals surface area contributed by atoms with Crippen LogP contribution in [0.5, 0.6) is 0 Å². The van der Waals surface area contributed by atoms with E-state index in [2.05, 4.69) is 38.2 Å². The van der Waals surface area contributed by atoms with Crippen molar-refractivity contribution in [1.82, 2.24) is 0 Å². The number of hydrogen-bond acceptors (Lipinski definition) is 7. The second-order valence-corrected chi connectivity index (χ2v) is 11.4. The highest BCUT2D eigenvalue weighted by Gasteiger charge is 2.13. The third-order valence-corrected chi connectivity index (χ3v) is 7.50. The first-order chi connectivity index (χ1) is 21.1. The first-order valence-corrected chi connectivity index (χ1v) is 17.5. The van der Waals surface area contributed by atoms with Crippen LogP contribution < -0.4 is 0 Å². The highest BCUT2D eigenvalue weighted by Crippen LogP contribution is 2.15. The molecule has 0 aromatic heterocycles. The van der Waals surface area contributed by atoms with Crippen LogP contribution in [-0.4, -0.2) is 66.8 Å². The van der Waals surface area contributed by atoms with Crippen molar-refractivity contribution in [2.24, 2.45) is 0 Å². The third kappa shape index (κ3) is 28.4. The fourth-order valence-electron chi connectivity index (χ4n) is 4.87. The fourth-order valence-corrected chi connectivity index (χ4v) is 4.87. The number of methoxy groups -OCH3 is 4. The van der Waals surface area contributed by atoms with E-state index in [9.17, 15) is 0 Å². The summed E-state index contributed by atoms with van der Waals surface area (Å²) in [4.78, 5) is 0. The van der Waals surface area contributed by atoms with Crippen molar-refractivity contribution in [1.29, 1.82) is 0 Å². The molecule has 43 heavy (non-hydrogen) atoms. The maximum absolute atomic E-state index is 6.23. The summed E-state index contributed by atoms with van der Waals surface area (Å²) in [6.45, 7) is 5.59. The zero-order chi connectivity index (χ0) is 31.6. The van der Waals surface area contributed by atoms with Crippen molar-refractivity contribution >= 4 is 0 Å². The lowest BCUT2D eigenvalue weighted by Gasteiger charge is -2.21. The Morgan fingerprint density at radius 3 is 1.09 bits per heavy atom. The molecule has 0 saturated heterocycles. The van der Waals surface area contributed by atoms with Gasteiger partial charge in [0.2, 0.25) is 0 Å². The Labute approximate surface area is 266 Å². The van der Waals surface area contributed by atoms with Crippen molar-refractivity contribution in [3.8, 4) is 0 Å². The molecular weight excluding hydrogens is 544 g/mol. The largest absolute Gasteiger partial charge is 0.356 e. The fraction of sp³-hybridized carbons (Fsp3) is 0.889. The quantitative estimate of drug-likeness (QED) is 0.0406. The van der Waals surface area contributed by atoms with E-state index >= 15 is 0 Å². The van der Waals surface area contributed by atoms with Crippen molar-refractivity contribution in [2.75, 3.05) is 41.7 Å². The normalized spacial score (nSPS) is 13.8. The Kier molecular flexibility index (Phi) is 33.4. The molecule has 7 nitrogen and oxygen atoms in total. The summed E-state index contributed by atoms with van der Waals surface area (Å²) in [6.07, 6.45) is 31.2. The highest BCUT2D eigenvalue weighted by atomic mass is 16.8. The predicted octanol–water partition coefficient (Wildman–Crippen LogP) is 9.88. The summed E-state index contributed by atoms with van der Waals surface area (Å²) in [5.74, 6) is 0. The summed E-state index contributed by atoms with van der Waals surface area (Å²) in [6, 6.07) is 0. The average Bonchev–Trinajstić information content (AvgIpc) is 3.03. The molecule has 0 aliphatic carbocycles. The van der Waals surface area contributed by atoms with Gasteiger partial charge in [-0.05, 0) is 76.4 Å². The van der Waals surface area contributed by atoms with E-state index < -0.39 is 0 Å². The molecule has 0 radical (unpaired) electrons. The van der Waals surface area contributed by atoms with Crippen LogP contribution in [0.2, 0.25) is 0 Å². The van der Waals surface area contributed by atoms with Gasteiger partial charge in [0.05, 0.1) is 0 Å². The second kappa shape index (κ2) is 34.1. The van der Waals surface area contributed by atoms with Gasteiger partial charge in [-0.2, -0.15) is 0 Å². The van der Waals surface area contributed by atoms with Crippen LogP contribution in [0.4, 0.5) is 0 Å². The van der Waals surface area contributed by atoms with E-state index in [1.807, 2.05) is 0 Å². The van der Waals surface area contributed by atoms with Gasteiger partial charge in [0.1, 0.15) is 0 Å². The number of ether oxygens (including phenoxy) is 7. The van der Waals surface area contributed by atoms with E-state index in [4.69, 9.17) is 33.2 Å². The highest BCUT2D eigenvalue weighted by molar-refractivity contribution is 4.89. The van der Waals surface area contributed by atoms with Gasteiger partial charge in [-0.1, -0.05) is 90.2 Å². The minimum Gasteiger partial charge on any atom is -0.356 e. The van der Waals surface area contributed by atoms with Crippen LogP contribution in [0.3, 0.4) is 0 Å². The lowest BCUT2D eigenvalue weighted by atomic mass is 10.1. The summed E-state index contributed by atoms with van der Waals surface area (Å²) in [7, 11) is 6.83. The lowest BCUT2D eigenvalue weighted by Crippen LogP contribution is -2.25. The van der Waals surface area contributed by atoms with Crippen LogP contribution in [0, 0.1) is 0 Å². The summed E-state index contributed by atoms with van der Waals surface area (Å²) in [5.41, 5.74) is 0. The monoisotopic (exact) mass is 615 g/mol. The summed E-state index contributed by atoms with van der Waals surface area (Å²) >= 11 is 0. The summed E-state index contributed by atoms with van der Waals surface area (Å²) in [5, 5.41) is 0. The van der Waals surface area contributed by atoms with E-state index in [1.165, 1.54) is 89.9 Å². The molecule has 2 atom stereocenters. The van der Waals surface area contributed by atoms with Gasteiger partial charge in [-0.15, -0.1) is 0 Å². The van der Waals surface area contributed by atoms with Gasteiger partial charge in [0, 0.05) is 41.7 Å². The van der Waals surface area contributed by atoms with Crippen molar-refractivity contribution in [2.45, 2.75) is 167 Å². The molecule has 0 aromatic rings. The van der Waals surface area contributed by atoms with Crippen LogP contribution in [0.1, 0.15) is 142 Å². The minimum absolute atomic E-state index is 0.0524. The molecule has 2 unspecified atom stereocenters.